The van der Waals surface area contributed by atoms with Gasteiger partial charge in [-0.15, -0.1) is 0 Å². The average molecular weight is 481 g/mol. The molecule has 0 aromatic carbocycles. The fraction of sp³-hybridized carbons (Fsp3) is 0.864. The summed E-state index contributed by atoms with van der Waals surface area (Å²) in [6.45, 7) is 10.6. The molecule has 0 aliphatic carbocycles. The molecule has 1 atom stereocenters. The van der Waals surface area contributed by atoms with Crippen LogP contribution in [-0.4, -0.2) is 38.6 Å². The Labute approximate surface area is 184 Å². The smallest absolute Gasteiger partial charge is 0.314 e. The van der Waals surface area contributed by atoms with E-state index in [-0.39, 0.29) is 28.5 Å². The van der Waals surface area contributed by atoms with Gasteiger partial charge >= 0.3 is 17.9 Å². The molecule has 0 fully saturated rings. The highest BCUT2D eigenvalue weighted by Crippen LogP contribution is 2.33. The SMILES string of the molecule is CCC(CC(C)(C)CCCCCCC(C)(C)CCC(=O)O)C(=O)O.O=C(O)CBr. The van der Waals surface area contributed by atoms with E-state index >= 15 is 0 Å². The summed E-state index contributed by atoms with van der Waals surface area (Å²) in [4.78, 5) is 31.2. The second kappa shape index (κ2) is 15.7. The fourth-order valence-corrected chi connectivity index (χ4v) is 3.31. The lowest BCUT2D eigenvalue weighted by Gasteiger charge is -2.28. The summed E-state index contributed by atoms with van der Waals surface area (Å²) in [5.41, 5.74) is 0.188. The maximum atomic E-state index is 11.2. The van der Waals surface area contributed by atoms with Crippen LogP contribution >= 0.6 is 15.9 Å². The molecule has 6 nitrogen and oxygen atoms in total. The number of alkyl halides is 1. The highest BCUT2D eigenvalue weighted by Gasteiger charge is 2.26. The number of rotatable bonds is 15. The number of unbranched alkanes of at least 4 members (excludes halogenated alkanes) is 3. The molecule has 3 N–H and O–H groups in total. The molecule has 0 saturated carbocycles. The molecule has 172 valence electrons. The topological polar surface area (TPSA) is 112 Å². The van der Waals surface area contributed by atoms with Gasteiger partial charge in [-0.3, -0.25) is 14.4 Å². The molecule has 0 rings (SSSR count). The zero-order valence-corrected chi connectivity index (χ0v) is 20.4. The van der Waals surface area contributed by atoms with E-state index in [1.54, 1.807) is 0 Å². The molecule has 0 saturated heterocycles. The van der Waals surface area contributed by atoms with Crippen LogP contribution in [0.25, 0.3) is 0 Å². The van der Waals surface area contributed by atoms with Crippen molar-refractivity contribution in [3.8, 4) is 0 Å². The van der Waals surface area contributed by atoms with Crippen LogP contribution in [0.1, 0.15) is 98.8 Å². The van der Waals surface area contributed by atoms with Crippen molar-refractivity contribution in [1.29, 1.82) is 0 Å². The molecule has 0 bridgehead atoms. The van der Waals surface area contributed by atoms with E-state index in [1.165, 1.54) is 12.8 Å². The zero-order chi connectivity index (χ0) is 23.1. The van der Waals surface area contributed by atoms with Gasteiger partial charge in [0.15, 0.2) is 0 Å². The lowest BCUT2D eigenvalue weighted by atomic mass is 9.77. The Hall–Kier alpha value is -1.11. The number of carboxylic acid groups (broad SMARTS) is 3. The first kappa shape index (κ1) is 30.1. The first-order valence-electron chi connectivity index (χ1n) is 10.5. The van der Waals surface area contributed by atoms with E-state index in [2.05, 4.69) is 43.6 Å². The summed E-state index contributed by atoms with van der Waals surface area (Å²) in [7, 11) is 0. The minimum absolute atomic E-state index is 0.0347. The molecule has 0 heterocycles. The third kappa shape index (κ3) is 20.0. The summed E-state index contributed by atoms with van der Waals surface area (Å²) in [6.07, 6.45) is 9.20. The van der Waals surface area contributed by atoms with E-state index in [0.717, 1.165) is 38.5 Å². The van der Waals surface area contributed by atoms with Crippen molar-refractivity contribution in [3.63, 3.8) is 0 Å². The Morgan fingerprint density at radius 1 is 0.793 bits per heavy atom. The Morgan fingerprint density at radius 2 is 1.24 bits per heavy atom. The summed E-state index contributed by atoms with van der Waals surface area (Å²) < 4.78 is 0. The van der Waals surface area contributed by atoms with Crippen molar-refractivity contribution in [2.75, 3.05) is 5.33 Å². The lowest BCUT2D eigenvalue weighted by Crippen LogP contribution is -2.22. The van der Waals surface area contributed by atoms with E-state index < -0.39 is 17.9 Å². The predicted octanol–water partition coefficient (Wildman–Crippen LogP) is 6.21. The summed E-state index contributed by atoms with van der Waals surface area (Å²) in [5, 5.41) is 25.7. The first-order chi connectivity index (χ1) is 13.3. The normalized spacial score (nSPS) is 12.6. The predicted molar refractivity (Wildman–Crippen MR) is 120 cm³/mol. The number of hydrogen-bond donors (Lipinski definition) is 3. The summed E-state index contributed by atoms with van der Waals surface area (Å²) in [5.74, 6) is -2.44. The van der Waals surface area contributed by atoms with Crippen molar-refractivity contribution in [2.24, 2.45) is 16.7 Å². The minimum atomic E-state index is -0.829. The minimum Gasteiger partial charge on any atom is -0.481 e. The number of aliphatic carboxylic acids is 3. The van der Waals surface area contributed by atoms with Crippen molar-refractivity contribution in [1.82, 2.24) is 0 Å². The molecule has 0 amide bonds. The molecular weight excluding hydrogens is 440 g/mol. The number of hydrogen-bond acceptors (Lipinski definition) is 3. The average Bonchev–Trinajstić information content (AvgIpc) is 2.61. The van der Waals surface area contributed by atoms with Gasteiger partial charge in [0.2, 0.25) is 0 Å². The van der Waals surface area contributed by atoms with Gasteiger partial charge in [0.1, 0.15) is 5.33 Å². The Morgan fingerprint density at radius 3 is 1.59 bits per heavy atom. The van der Waals surface area contributed by atoms with Gasteiger partial charge in [0.05, 0.1) is 5.92 Å². The number of carbonyl (C=O) groups is 3. The van der Waals surface area contributed by atoms with Crippen LogP contribution in [0.3, 0.4) is 0 Å². The van der Waals surface area contributed by atoms with Crippen molar-refractivity contribution in [3.05, 3.63) is 0 Å². The van der Waals surface area contributed by atoms with Crippen LogP contribution in [0, 0.1) is 16.7 Å². The van der Waals surface area contributed by atoms with Gasteiger partial charge in [-0.05, 0) is 42.9 Å². The molecule has 0 aliphatic rings. The van der Waals surface area contributed by atoms with Crippen molar-refractivity contribution in [2.45, 2.75) is 98.8 Å². The Bertz CT molecular complexity index is 488. The lowest BCUT2D eigenvalue weighted by molar-refractivity contribution is -0.143. The monoisotopic (exact) mass is 480 g/mol. The van der Waals surface area contributed by atoms with E-state index in [4.69, 9.17) is 10.2 Å². The van der Waals surface area contributed by atoms with Crippen molar-refractivity contribution < 1.29 is 29.7 Å². The molecule has 0 spiro atoms. The van der Waals surface area contributed by atoms with Gasteiger partial charge in [-0.1, -0.05) is 76.2 Å². The zero-order valence-electron chi connectivity index (χ0n) is 18.8. The van der Waals surface area contributed by atoms with Crippen LogP contribution in [0.5, 0.6) is 0 Å². The van der Waals surface area contributed by atoms with E-state index in [1.807, 2.05) is 6.92 Å². The van der Waals surface area contributed by atoms with E-state index in [9.17, 15) is 19.5 Å². The van der Waals surface area contributed by atoms with Gasteiger partial charge in [0, 0.05) is 6.42 Å². The second-order valence-corrected chi connectivity index (χ2v) is 9.87. The summed E-state index contributed by atoms with van der Waals surface area (Å²) >= 11 is 2.71. The molecular formula is C22H41BrO6. The molecule has 0 aliphatic heterocycles. The fourth-order valence-electron chi connectivity index (χ4n) is 3.31. The van der Waals surface area contributed by atoms with Crippen LogP contribution in [0.15, 0.2) is 0 Å². The Balaban J connectivity index is 0. The molecule has 1 unspecified atom stereocenters. The highest BCUT2D eigenvalue weighted by atomic mass is 79.9. The van der Waals surface area contributed by atoms with Gasteiger partial charge < -0.3 is 15.3 Å². The van der Waals surface area contributed by atoms with Gasteiger partial charge in [0.25, 0.3) is 0 Å². The largest absolute Gasteiger partial charge is 0.481 e. The van der Waals surface area contributed by atoms with Crippen LogP contribution in [-0.2, 0) is 14.4 Å². The molecule has 0 radical (unpaired) electrons. The maximum Gasteiger partial charge on any atom is 0.314 e. The van der Waals surface area contributed by atoms with Gasteiger partial charge in [-0.25, -0.2) is 0 Å². The Kier molecular flexibility index (Phi) is 16.3. The number of halogens is 1. The summed E-state index contributed by atoms with van der Waals surface area (Å²) in [6, 6.07) is 0. The quantitative estimate of drug-likeness (QED) is 0.189. The third-order valence-corrected chi connectivity index (χ3v) is 5.71. The second-order valence-electron chi connectivity index (χ2n) is 9.31. The standard InChI is InChI=1S/C20H38O4.C2H3BrO2/c1-6-16(18(23)24)15-20(4,5)13-10-8-7-9-12-19(2,3)14-11-17(21)22;3-1-2(4)5/h16H,6-15H2,1-5H3,(H,21,22)(H,23,24);1H2,(H,4,5). The number of carboxylic acids is 3. The maximum absolute atomic E-state index is 11.2. The molecule has 7 heteroatoms. The molecule has 0 aromatic rings. The third-order valence-electron chi connectivity index (χ3n) is 5.23. The highest BCUT2D eigenvalue weighted by molar-refractivity contribution is 9.09. The van der Waals surface area contributed by atoms with E-state index in [0.29, 0.717) is 6.42 Å². The molecule has 29 heavy (non-hydrogen) atoms. The van der Waals surface area contributed by atoms with Crippen LogP contribution < -0.4 is 0 Å². The van der Waals surface area contributed by atoms with Gasteiger partial charge in [-0.2, -0.15) is 0 Å². The first-order valence-corrected chi connectivity index (χ1v) is 11.6. The van der Waals surface area contributed by atoms with Crippen LogP contribution in [0.4, 0.5) is 0 Å². The van der Waals surface area contributed by atoms with Crippen molar-refractivity contribution >= 4 is 33.8 Å². The molecule has 0 aromatic heterocycles. The van der Waals surface area contributed by atoms with Crippen LogP contribution in [0.2, 0.25) is 0 Å².